The molecule has 4 aromatic carbocycles. The summed E-state index contributed by atoms with van der Waals surface area (Å²) in [5.41, 5.74) is 5.78. The summed E-state index contributed by atoms with van der Waals surface area (Å²) >= 11 is 0. The lowest BCUT2D eigenvalue weighted by atomic mass is 10.0. The second-order valence-corrected chi connectivity index (χ2v) is 32.8. The third kappa shape index (κ3) is 53.7. The molecule has 0 spiro atoms. The van der Waals surface area contributed by atoms with Crippen molar-refractivity contribution in [3.8, 4) is 70.4 Å². The first-order valence-corrected chi connectivity index (χ1v) is 47.6. The minimum Gasteiger partial charge on any atom is -0.492 e. The van der Waals surface area contributed by atoms with Crippen LogP contribution in [0.4, 0.5) is 0 Å². The fourth-order valence-corrected chi connectivity index (χ4v) is 15.1. The first kappa shape index (κ1) is 98.0. The highest BCUT2D eigenvalue weighted by Gasteiger charge is 2.14. The SMILES string of the molecule is CCCCCCCCCCCCCCCCCCOc1cc(C#Cc2ccc(C=O)cc2)c(OCCCCCCCCCCCCCCCCCC)cc1C#CC#Cc1cc(OCCCCCCCCCCCCCCCCCC)c(C#Cc2ccc(C=O)cc2)cc1OCCCCCCCCCCCCCCCCCC. The first-order chi connectivity index (χ1) is 55.5. The summed E-state index contributed by atoms with van der Waals surface area (Å²) in [7, 11) is 0. The summed E-state index contributed by atoms with van der Waals surface area (Å²) in [4.78, 5) is 23.2. The Balaban J connectivity index is 1.58. The van der Waals surface area contributed by atoms with E-state index in [1.165, 1.54) is 360 Å². The Morgan fingerprint density at radius 2 is 0.366 bits per heavy atom. The number of hydrogen-bond donors (Lipinski definition) is 0. The van der Waals surface area contributed by atoms with Gasteiger partial charge >= 0.3 is 0 Å². The number of benzene rings is 4. The highest BCUT2D eigenvalue weighted by Crippen LogP contribution is 2.32. The van der Waals surface area contributed by atoms with Crippen molar-refractivity contribution in [3.05, 3.63) is 117 Å². The molecule has 622 valence electrons. The van der Waals surface area contributed by atoms with Crippen LogP contribution in [-0.4, -0.2) is 39.0 Å². The van der Waals surface area contributed by atoms with Gasteiger partial charge in [0.1, 0.15) is 35.6 Å². The van der Waals surface area contributed by atoms with Crippen LogP contribution in [0.1, 0.15) is 493 Å². The molecular formula is C106H162O6. The Hall–Kier alpha value is -6.34. The molecule has 0 aliphatic rings. The second-order valence-electron chi connectivity index (χ2n) is 32.8. The molecule has 0 amide bonds. The number of rotatable bonds is 74. The average Bonchev–Trinajstić information content (AvgIpc) is 0.828. The van der Waals surface area contributed by atoms with Gasteiger partial charge in [0.2, 0.25) is 0 Å². The van der Waals surface area contributed by atoms with Gasteiger partial charge in [-0.1, -0.05) is 461 Å². The predicted octanol–water partition coefficient (Wildman–Crippen LogP) is 32.1. The maximum absolute atomic E-state index is 11.6. The molecule has 0 aliphatic carbocycles. The average molecular weight is 1530 g/mol. The van der Waals surface area contributed by atoms with E-state index in [0.29, 0.717) is 71.7 Å². The molecule has 0 bridgehead atoms. The van der Waals surface area contributed by atoms with Gasteiger partial charge in [0.05, 0.1) is 48.7 Å². The van der Waals surface area contributed by atoms with Crippen LogP contribution >= 0.6 is 0 Å². The van der Waals surface area contributed by atoms with E-state index < -0.39 is 0 Å². The van der Waals surface area contributed by atoms with Gasteiger partial charge in [0, 0.05) is 46.5 Å². The summed E-state index contributed by atoms with van der Waals surface area (Å²) in [5, 5.41) is 0. The van der Waals surface area contributed by atoms with Gasteiger partial charge in [-0.3, -0.25) is 9.59 Å². The van der Waals surface area contributed by atoms with Crippen LogP contribution in [0.25, 0.3) is 0 Å². The van der Waals surface area contributed by atoms with Crippen LogP contribution in [0.15, 0.2) is 72.8 Å². The van der Waals surface area contributed by atoms with Crippen LogP contribution in [0.3, 0.4) is 0 Å². The Morgan fingerprint density at radius 1 is 0.205 bits per heavy atom. The lowest BCUT2D eigenvalue weighted by Gasteiger charge is -2.14. The molecule has 4 aromatic rings. The molecule has 0 aliphatic heterocycles. The Labute approximate surface area is 689 Å². The quantitative estimate of drug-likeness (QED) is 0.0249. The molecule has 0 heterocycles. The third-order valence-corrected chi connectivity index (χ3v) is 22.4. The monoisotopic (exact) mass is 1530 g/mol. The van der Waals surface area contributed by atoms with Crippen molar-refractivity contribution < 1.29 is 28.5 Å². The van der Waals surface area contributed by atoms with Gasteiger partial charge in [0.25, 0.3) is 0 Å². The van der Waals surface area contributed by atoms with Gasteiger partial charge in [-0.25, -0.2) is 0 Å². The van der Waals surface area contributed by atoms with E-state index >= 15 is 0 Å². The largest absolute Gasteiger partial charge is 0.492 e. The number of hydrogen-bond acceptors (Lipinski definition) is 6. The maximum Gasteiger partial charge on any atom is 0.150 e. The molecule has 0 unspecified atom stereocenters. The molecule has 4 rings (SSSR count). The normalized spacial score (nSPS) is 10.9. The number of ether oxygens (including phenoxy) is 4. The zero-order chi connectivity index (χ0) is 79.4. The molecule has 0 aromatic heterocycles. The van der Waals surface area contributed by atoms with Gasteiger partial charge in [-0.2, -0.15) is 0 Å². The molecule has 6 heteroatoms. The minimum atomic E-state index is 0.569. The molecule has 0 saturated heterocycles. The van der Waals surface area contributed by atoms with E-state index in [-0.39, 0.29) is 0 Å². The van der Waals surface area contributed by atoms with E-state index in [1.54, 1.807) is 0 Å². The van der Waals surface area contributed by atoms with E-state index in [2.05, 4.69) is 75.1 Å². The zero-order valence-corrected chi connectivity index (χ0v) is 72.6. The number of carbonyl (C=O) groups excluding carboxylic acids is 2. The first-order valence-electron chi connectivity index (χ1n) is 47.6. The topological polar surface area (TPSA) is 71.1 Å². The summed E-state index contributed by atoms with van der Waals surface area (Å²) in [6, 6.07) is 22.9. The Morgan fingerprint density at radius 3 is 0.536 bits per heavy atom. The van der Waals surface area contributed by atoms with Crippen molar-refractivity contribution in [1.82, 2.24) is 0 Å². The molecule has 0 saturated carbocycles. The summed E-state index contributed by atoms with van der Waals surface area (Å²) < 4.78 is 27.0. The van der Waals surface area contributed by atoms with Crippen molar-refractivity contribution in [2.24, 2.45) is 0 Å². The fraction of sp³-hybridized carbons (Fsp3) is 0.679. The Bertz CT molecular complexity index is 2950. The van der Waals surface area contributed by atoms with E-state index in [9.17, 15) is 9.59 Å². The highest BCUT2D eigenvalue weighted by atomic mass is 16.5. The van der Waals surface area contributed by atoms with Gasteiger partial charge < -0.3 is 18.9 Å². The molecule has 112 heavy (non-hydrogen) atoms. The summed E-state index contributed by atoms with van der Waals surface area (Å²) in [5.74, 6) is 29.8. The molecule has 0 N–H and O–H groups in total. The van der Waals surface area contributed by atoms with Crippen LogP contribution in [0.2, 0.25) is 0 Å². The van der Waals surface area contributed by atoms with Crippen molar-refractivity contribution in [2.75, 3.05) is 26.4 Å². The lowest BCUT2D eigenvalue weighted by molar-refractivity contribution is 0.111. The summed E-state index contributed by atoms with van der Waals surface area (Å²) in [6.07, 6.45) is 85.8. The van der Waals surface area contributed by atoms with Gasteiger partial charge in [-0.05, 0) is 73.6 Å². The standard InChI is InChI=1S/C106H162O6/c1-5-9-13-17-21-25-29-33-37-41-45-49-53-57-61-67-85-109-103-91-101(83-81-95-73-77-97(93-107)78-74-95)105(111-87-69-63-59-55-51-47-43-39-35-31-27-23-19-15-11-7-3)89-99(103)71-65-66-72-100-90-106(112-88-70-64-60-56-52-48-44-40-36-32-28-24-20-16-12-8-4)102(84-82-96-75-79-98(94-108)80-76-96)92-104(100)110-86-68-62-58-54-50-46-42-38-34-30-26-22-18-14-10-6-2/h73-80,89-94H,5-64,67-70,85-88H2,1-4H3. The Kier molecular flexibility index (Phi) is 64.4. The van der Waals surface area contributed by atoms with Crippen molar-refractivity contribution in [3.63, 3.8) is 0 Å². The fourth-order valence-electron chi connectivity index (χ4n) is 15.1. The molecule has 0 fully saturated rings. The van der Waals surface area contributed by atoms with Crippen LogP contribution < -0.4 is 18.9 Å². The van der Waals surface area contributed by atoms with Crippen molar-refractivity contribution in [2.45, 2.75) is 439 Å². The van der Waals surface area contributed by atoms with E-state index in [1.807, 2.05) is 72.8 Å². The highest BCUT2D eigenvalue weighted by molar-refractivity contribution is 5.75. The molecular weight excluding hydrogens is 1370 g/mol. The van der Waals surface area contributed by atoms with Crippen LogP contribution in [-0.2, 0) is 0 Å². The van der Waals surface area contributed by atoms with E-state index in [4.69, 9.17) is 18.9 Å². The second kappa shape index (κ2) is 73.5. The number of unbranched alkanes of at least 4 members (excludes halogenated alkanes) is 60. The van der Waals surface area contributed by atoms with Crippen molar-refractivity contribution in [1.29, 1.82) is 0 Å². The minimum absolute atomic E-state index is 0.569. The van der Waals surface area contributed by atoms with Crippen LogP contribution in [0, 0.1) is 47.4 Å². The maximum atomic E-state index is 11.6. The molecule has 6 nitrogen and oxygen atoms in total. The van der Waals surface area contributed by atoms with E-state index in [0.717, 1.165) is 86.2 Å². The number of aldehydes is 2. The molecule has 0 atom stereocenters. The molecule has 0 radical (unpaired) electrons. The number of carbonyl (C=O) groups is 2. The van der Waals surface area contributed by atoms with Gasteiger partial charge in [-0.15, -0.1) is 0 Å². The van der Waals surface area contributed by atoms with Crippen LogP contribution in [0.5, 0.6) is 23.0 Å². The smallest absolute Gasteiger partial charge is 0.150 e. The predicted molar refractivity (Wildman–Crippen MR) is 482 cm³/mol. The van der Waals surface area contributed by atoms with Crippen molar-refractivity contribution >= 4 is 12.6 Å². The third-order valence-electron chi connectivity index (χ3n) is 22.4. The van der Waals surface area contributed by atoms with Gasteiger partial charge in [0.15, 0.2) is 0 Å². The zero-order valence-electron chi connectivity index (χ0n) is 72.6. The summed E-state index contributed by atoms with van der Waals surface area (Å²) in [6.45, 7) is 11.5. The lowest BCUT2D eigenvalue weighted by Crippen LogP contribution is -2.03.